The predicted molar refractivity (Wildman–Crippen MR) is 97.5 cm³/mol. The van der Waals surface area contributed by atoms with Crippen molar-refractivity contribution in [2.45, 2.75) is 20.3 Å². The molecule has 0 spiro atoms. The van der Waals surface area contributed by atoms with E-state index in [-0.39, 0.29) is 17.2 Å². The number of fused-ring (bicyclic) bond motifs is 1. The number of likely N-dealkylation sites (tertiary alicyclic amines) is 1. The molecule has 2 heterocycles. The molecule has 2 aliphatic heterocycles. The summed E-state index contributed by atoms with van der Waals surface area (Å²) in [6.07, 6.45) is 4.67. The van der Waals surface area contributed by atoms with Crippen molar-refractivity contribution in [2.75, 3.05) is 24.5 Å². The van der Waals surface area contributed by atoms with E-state index >= 15 is 0 Å². The topological polar surface area (TPSA) is 47.3 Å². The highest BCUT2D eigenvalue weighted by molar-refractivity contribution is 5.88. The lowest BCUT2D eigenvalue weighted by Gasteiger charge is -2.43. The molecule has 1 amide bonds. The second-order valence-electron chi connectivity index (χ2n) is 7.87. The van der Waals surface area contributed by atoms with E-state index in [4.69, 9.17) is 0 Å². The smallest absolute Gasteiger partial charge is 0.233 e. The molecule has 4 heteroatoms. The van der Waals surface area contributed by atoms with Crippen LogP contribution in [0.2, 0.25) is 0 Å². The molecule has 2 saturated heterocycles. The Bertz CT molecular complexity index is 794. The van der Waals surface area contributed by atoms with E-state index in [2.05, 4.69) is 35.2 Å². The monoisotopic (exact) mass is 333 g/mol. The third kappa shape index (κ3) is 2.55. The minimum absolute atomic E-state index is 0.197. The molecule has 2 fully saturated rings. The maximum absolute atomic E-state index is 13.0. The van der Waals surface area contributed by atoms with Gasteiger partial charge in [0.05, 0.1) is 11.5 Å². The van der Waals surface area contributed by atoms with Crippen LogP contribution in [0.15, 0.2) is 53.8 Å². The third-order valence-corrected chi connectivity index (χ3v) is 5.86. The fourth-order valence-electron chi connectivity index (χ4n) is 4.29. The summed E-state index contributed by atoms with van der Waals surface area (Å²) in [5.41, 5.74) is 2.59. The van der Waals surface area contributed by atoms with Crippen LogP contribution in [0.3, 0.4) is 0 Å². The van der Waals surface area contributed by atoms with E-state index < -0.39 is 0 Å². The van der Waals surface area contributed by atoms with Gasteiger partial charge in [-0.2, -0.15) is 5.26 Å². The zero-order valence-electron chi connectivity index (χ0n) is 14.8. The van der Waals surface area contributed by atoms with Crippen molar-refractivity contribution in [3.8, 4) is 6.07 Å². The third-order valence-electron chi connectivity index (χ3n) is 5.86. The van der Waals surface area contributed by atoms with Crippen LogP contribution in [0.4, 0.5) is 5.69 Å². The first-order chi connectivity index (χ1) is 12.0. The van der Waals surface area contributed by atoms with Gasteiger partial charge in [0.15, 0.2) is 0 Å². The zero-order valence-corrected chi connectivity index (χ0v) is 14.8. The van der Waals surface area contributed by atoms with Gasteiger partial charge < -0.3 is 9.80 Å². The maximum Gasteiger partial charge on any atom is 0.233 e. The van der Waals surface area contributed by atoms with Crippen LogP contribution in [0.5, 0.6) is 0 Å². The van der Waals surface area contributed by atoms with Gasteiger partial charge in [-0.15, -0.1) is 0 Å². The molecule has 0 saturated carbocycles. The van der Waals surface area contributed by atoms with Gasteiger partial charge in [0.1, 0.15) is 0 Å². The van der Waals surface area contributed by atoms with E-state index in [0.717, 1.165) is 31.8 Å². The standard InChI is InChI=1S/C21H23N3O/c1-21(2)18-9-8-15(11-22)10-19(18)24(20(21)25)14-16-12-23(13-16)17-6-4-3-5-7-17/h3-8,10,16,18H,9,12-14H2,1-2H3. The number of carbonyl (C=O) groups is 1. The van der Waals surface area contributed by atoms with Crippen molar-refractivity contribution in [3.63, 3.8) is 0 Å². The Morgan fingerprint density at radius 2 is 1.96 bits per heavy atom. The van der Waals surface area contributed by atoms with Gasteiger partial charge in [0.2, 0.25) is 5.91 Å². The Balaban J connectivity index is 1.49. The van der Waals surface area contributed by atoms with Crippen LogP contribution in [0.25, 0.3) is 0 Å². The van der Waals surface area contributed by atoms with Gasteiger partial charge >= 0.3 is 0 Å². The lowest BCUT2D eigenvalue weighted by atomic mass is 9.76. The molecule has 0 aromatic heterocycles. The quantitative estimate of drug-likeness (QED) is 0.852. The summed E-state index contributed by atoms with van der Waals surface area (Å²) in [7, 11) is 0. The lowest BCUT2D eigenvalue weighted by Crippen LogP contribution is -2.52. The molecule has 3 aliphatic rings. The van der Waals surface area contributed by atoms with Gasteiger partial charge in [0.25, 0.3) is 0 Å². The van der Waals surface area contributed by atoms with Crippen LogP contribution in [0.1, 0.15) is 20.3 Å². The van der Waals surface area contributed by atoms with E-state index in [1.54, 1.807) is 0 Å². The molecule has 1 aliphatic carbocycles. The van der Waals surface area contributed by atoms with Crippen molar-refractivity contribution in [2.24, 2.45) is 17.3 Å². The Kier molecular flexibility index (Phi) is 3.68. The zero-order chi connectivity index (χ0) is 17.6. The van der Waals surface area contributed by atoms with E-state index in [0.29, 0.717) is 11.5 Å². The average molecular weight is 333 g/mol. The van der Waals surface area contributed by atoms with Crippen molar-refractivity contribution in [1.82, 2.24) is 4.90 Å². The minimum atomic E-state index is -0.383. The number of hydrogen-bond donors (Lipinski definition) is 0. The number of benzene rings is 1. The number of nitrogens with zero attached hydrogens (tertiary/aromatic N) is 3. The molecule has 4 nitrogen and oxygen atoms in total. The second kappa shape index (κ2) is 5.77. The molecule has 1 atom stereocenters. The fraction of sp³-hybridized carbons (Fsp3) is 0.429. The van der Waals surface area contributed by atoms with Gasteiger partial charge in [-0.25, -0.2) is 0 Å². The van der Waals surface area contributed by atoms with Crippen molar-refractivity contribution in [1.29, 1.82) is 5.26 Å². The molecular weight excluding hydrogens is 310 g/mol. The Hall–Kier alpha value is -2.54. The molecule has 0 bridgehead atoms. The number of amides is 1. The fourth-order valence-corrected chi connectivity index (χ4v) is 4.29. The van der Waals surface area contributed by atoms with E-state index in [1.165, 1.54) is 5.69 Å². The molecule has 1 aromatic carbocycles. The summed E-state index contributed by atoms with van der Waals surface area (Å²) in [5.74, 6) is 0.882. The molecule has 1 unspecified atom stereocenters. The van der Waals surface area contributed by atoms with Crippen molar-refractivity contribution in [3.05, 3.63) is 53.8 Å². The molecule has 0 radical (unpaired) electrons. The summed E-state index contributed by atoms with van der Waals surface area (Å²) < 4.78 is 0. The first-order valence-corrected chi connectivity index (χ1v) is 8.94. The number of carbonyl (C=O) groups excluding carboxylic acids is 1. The molecule has 0 N–H and O–H groups in total. The molecule has 128 valence electrons. The highest BCUT2D eigenvalue weighted by Crippen LogP contribution is 2.48. The number of anilines is 1. The summed E-state index contributed by atoms with van der Waals surface area (Å²) in [5, 5.41) is 9.22. The second-order valence-corrected chi connectivity index (χ2v) is 7.87. The number of allylic oxidation sites excluding steroid dienone is 4. The largest absolute Gasteiger partial charge is 0.371 e. The van der Waals surface area contributed by atoms with Gasteiger partial charge in [-0.1, -0.05) is 38.1 Å². The highest BCUT2D eigenvalue weighted by atomic mass is 16.2. The predicted octanol–water partition coefficient (Wildman–Crippen LogP) is 3.34. The van der Waals surface area contributed by atoms with Crippen molar-refractivity contribution >= 4 is 11.6 Å². The first kappa shape index (κ1) is 16.0. The van der Waals surface area contributed by atoms with Crippen LogP contribution in [-0.4, -0.2) is 30.4 Å². The van der Waals surface area contributed by atoms with Gasteiger partial charge in [-0.3, -0.25) is 4.79 Å². The first-order valence-electron chi connectivity index (χ1n) is 8.94. The molecule has 1 aromatic rings. The van der Waals surface area contributed by atoms with Gasteiger partial charge in [0, 0.05) is 48.4 Å². The molecule has 4 rings (SSSR count). The van der Waals surface area contributed by atoms with Crippen LogP contribution in [-0.2, 0) is 4.79 Å². The number of rotatable bonds is 3. The van der Waals surface area contributed by atoms with E-state index in [1.807, 2.05) is 37.0 Å². The molecular formula is C21H23N3O. The number of hydrogen-bond acceptors (Lipinski definition) is 3. The Labute approximate surface area is 149 Å². The average Bonchev–Trinajstić information content (AvgIpc) is 2.78. The number of para-hydroxylation sites is 1. The van der Waals surface area contributed by atoms with Crippen LogP contribution < -0.4 is 4.90 Å². The number of nitriles is 1. The summed E-state index contributed by atoms with van der Waals surface area (Å²) >= 11 is 0. The Morgan fingerprint density at radius 1 is 1.24 bits per heavy atom. The summed E-state index contributed by atoms with van der Waals surface area (Å²) in [6.45, 7) is 6.79. The SMILES string of the molecule is CC1(C)C(=O)N(CC2CN(c3ccccc3)C2)C2=CC(C#N)=CCC21. The maximum atomic E-state index is 13.0. The molecule has 25 heavy (non-hydrogen) atoms. The van der Waals surface area contributed by atoms with Gasteiger partial charge in [-0.05, 0) is 24.6 Å². The summed E-state index contributed by atoms with van der Waals surface area (Å²) in [6, 6.07) is 12.6. The highest BCUT2D eigenvalue weighted by Gasteiger charge is 2.51. The summed E-state index contributed by atoms with van der Waals surface area (Å²) in [4.78, 5) is 17.3. The minimum Gasteiger partial charge on any atom is -0.371 e. The van der Waals surface area contributed by atoms with Crippen LogP contribution in [0, 0.1) is 28.6 Å². The normalized spacial score (nSPS) is 25.0. The Morgan fingerprint density at radius 3 is 2.64 bits per heavy atom. The van der Waals surface area contributed by atoms with Crippen molar-refractivity contribution < 1.29 is 4.79 Å². The lowest BCUT2D eigenvalue weighted by molar-refractivity contribution is -0.135. The van der Waals surface area contributed by atoms with Crippen LogP contribution >= 0.6 is 0 Å². The van der Waals surface area contributed by atoms with E-state index in [9.17, 15) is 10.1 Å².